The lowest BCUT2D eigenvalue weighted by Gasteiger charge is -2.24. The number of halogens is 5. The normalized spacial score (nSPS) is 14.9. The summed E-state index contributed by atoms with van der Waals surface area (Å²) in [5.74, 6) is -0.193. The van der Waals surface area contributed by atoms with Gasteiger partial charge >= 0.3 is 6.18 Å². The fourth-order valence-electron chi connectivity index (χ4n) is 1.93. The van der Waals surface area contributed by atoms with Crippen molar-refractivity contribution in [2.75, 3.05) is 0 Å². The second-order valence-electron chi connectivity index (χ2n) is 6.41. The number of aromatic nitrogens is 2. The van der Waals surface area contributed by atoms with Crippen LogP contribution in [0.1, 0.15) is 43.9 Å². The van der Waals surface area contributed by atoms with Crippen molar-refractivity contribution in [2.24, 2.45) is 0 Å². The minimum atomic E-state index is -4.73. The van der Waals surface area contributed by atoms with Crippen LogP contribution in [0.5, 0.6) is 0 Å². The Morgan fingerprint density at radius 2 is 1.69 bits per heavy atom. The Labute approximate surface area is 161 Å². The Bertz CT molecular complexity index is 808. The van der Waals surface area contributed by atoms with Gasteiger partial charge in [-0.15, -0.1) is 0 Å². The van der Waals surface area contributed by atoms with Gasteiger partial charge in [0.05, 0.1) is 20.8 Å². The Morgan fingerprint density at radius 3 is 2.19 bits per heavy atom. The van der Waals surface area contributed by atoms with E-state index in [4.69, 9.17) is 23.2 Å². The molecule has 0 bridgehead atoms. The zero-order valence-corrected chi connectivity index (χ0v) is 16.4. The molecule has 1 aromatic heterocycles. The summed E-state index contributed by atoms with van der Waals surface area (Å²) in [5, 5.41) is -0.148. The van der Waals surface area contributed by atoms with E-state index in [1.54, 1.807) is 45.0 Å². The molecule has 0 saturated carbocycles. The summed E-state index contributed by atoms with van der Waals surface area (Å²) < 4.78 is 54.0. The van der Waals surface area contributed by atoms with E-state index in [1.165, 1.54) is 0 Å². The third kappa shape index (κ3) is 5.16. The van der Waals surface area contributed by atoms with Crippen molar-refractivity contribution in [1.82, 2.24) is 14.7 Å². The topological polar surface area (TPSA) is 54.9 Å². The average Bonchev–Trinajstić information content (AvgIpc) is 2.52. The van der Waals surface area contributed by atoms with Gasteiger partial charge in [-0.25, -0.2) is 18.9 Å². The first-order valence-electron chi connectivity index (χ1n) is 7.42. The standard InChI is InChI=1S/C16H16Cl2F3N3OS/c1-15(2,3)26(25)24-12(9-4-6-10(17)7-5-9)14-22-8-11(18)13(23-14)16(19,20)21/h4-8,12,24H,1-3H3. The fourth-order valence-corrected chi connectivity index (χ4v) is 3.06. The fraction of sp³-hybridized carbons (Fsp3) is 0.375. The van der Waals surface area contributed by atoms with Crippen molar-refractivity contribution in [1.29, 1.82) is 0 Å². The number of nitrogens with one attached hydrogen (secondary N) is 1. The smallest absolute Gasteiger partial charge is 0.242 e. The van der Waals surface area contributed by atoms with Crippen LogP contribution in [-0.2, 0) is 17.2 Å². The minimum Gasteiger partial charge on any atom is -0.242 e. The molecule has 0 aliphatic heterocycles. The molecular weight excluding hydrogens is 410 g/mol. The first-order chi connectivity index (χ1) is 11.9. The molecule has 1 N–H and O–H groups in total. The molecule has 0 fully saturated rings. The monoisotopic (exact) mass is 425 g/mol. The molecule has 0 amide bonds. The summed E-state index contributed by atoms with van der Waals surface area (Å²) >= 11 is 11.5. The summed E-state index contributed by atoms with van der Waals surface area (Å²) in [6.45, 7) is 5.21. The van der Waals surface area contributed by atoms with Crippen molar-refractivity contribution in [3.63, 3.8) is 0 Å². The number of hydrogen-bond acceptors (Lipinski definition) is 3. The number of nitrogens with zero attached hydrogens (tertiary/aromatic N) is 2. The van der Waals surface area contributed by atoms with E-state index in [0.717, 1.165) is 6.20 Å². The van der Waals surface area contributed by atoms with Gasteiger partial charge in [0, 0.05) is 11.2 Å². The molecule has 0 aliphatic carbocycles. The van der Waals surface area contributed by atoms with E-state index in [0.29, 0.717) is 10.6 Å². The zero-order chi connectivity index (χ0) is 19.7. The van der Waals surface area contributed by atoms with Crippen molar-refractivity contribution in [3.05, 3.63) is 57.6 Å². The second-order valence-corrected chi connectivity index (χ2v) is 9.25. The van der Waals surface area contributed by atoms with Gasteiger partial charge in [-0.3, -0.25) is 0 Å². The molecule has 0 saturated heterocycles. The van der Waals surface area contributed by atoms with Gasteiger partial charge in [0.15, 0.2) is 11.5 Å². The quantitative estimate of drug-likeness (QED) is 0.754. The maximum absolute atomic E-state index is 13.1. The van der Waals surface area contributed by atoms with Gasteiger partial charge in [0.1, 0.15) is 6.04 Å². The van der Waals surface area contributed by atoms with Crippen LogP contribution in [-0.4, -0.2) is 18.9 Å². The first kappa shape index (κ1) is 21.1. The van der Waals surface area contributed by atoms with E-state index >= 15 is 0 Å². The van der Waals surface area contributed by atoms with Crippen LogP contribution < -0.4 is 4.72 Å². The average molecular weight is 426 g/mol. The van der Waals surface area contributed by atoms with Gasteiger partial charge in [-0.1, -0.05) is 35.3 Å². The zero-order valence-electron chi connectivity index (χ0n) is 14.1. The van der Waals surface area contributed by atoms with Gasteiger partial charge < -0.3 is 0 Å². The van der Waals surface area contributed by atoms with Crippen LogP contribution in [0.15, 0.2) is 30.5 Å². The predicted octanol–water partition coefficient (Wildman–Crippen LogP) is 4.94. The summed E-state index contributed by atoms with van der Waals surface area (Å²) in [6, 6.07) is 5.42. The number of alkyl halides is 3. The third-order valence-electron chi connectivity index (χ3n) is 3.27. The molecule has 10 heteroatoms. The van der Waals surface area contributed by atoms with Crippen molar-refractivity contribution >= 4 is 34.2 Å². The largest absolute Gasteiger partial charge is 0.434 e. The van der Waals surface area contributed by atoms with Crippen LogP contribution in [0.25, 0.3) is 0 Å². The van der Waals surface area contributed by atoms with Crippen LogP contribution >= 0.6 is 23.2 Å². The van der Waals surface area contributed by atoms with E-state index in [2.05, 4.69) is 14.7 Å². The summed E-state index contributed by atoms with van der Waals surface area (Å²) in [7, 11) is -1.58. The molecule has 4 nitrogen and oxygen atoms in total. The first-order valence-corrected chi connectivity index (χ1v) is 9.33. The Balaban J connectivity index is 2.54. The number of hydrogen-bond donors (Lipinski definition) is 1. The van der Waals surface area contributed by atoms with Gasteiger partial charge in [0.25, 0.3) is 0 Å². The molecule has 0 aliphatic rings. The van der Waals surface area contributed by atoms with Crippen LogP contribution in [0.2, 0.25) is 10.0 Å². The highest BCUT2D eigenvalue weighted by molar-refractivity contribution is 7.84. The molecule has 1 heterocycles. The molecule has 0 spiro atoms. The van der Waals surface area contributed by atoms with E-state index < -0.39 is 38.7 Å². The van der Waals surface area contributed by atoms with Gasteiger partial charge in [0.2, 0.25) is 0 Å². The second kappa shape index (κ2) is 7.80. The van der Waals surface area contributed by atoms with Gasteiger partial charge in [-0.05, 0) is 38.5 Å². The van der Waals surface area contributed by atoms with Crippen molar-refractivity contribution in [3.8, 4) is 0 Å². The lowest BCUT2D eigenvalue weighted by Crippen LogP contribution is -2.37. The maximum atomic E-state index is 13.1. The lowest BCUT2D eigenvalue weighted by atomic mass is 10.1. The minimum absolute atomic E-state index is 0.193. The molecule has 26 heavy (non-hydrogen) atoms. The van der Waals surface area contributed by atoms with E-state index in [-0.39, 0.29) is 5.82 Å². The SMILES string of the molecule is CC(C)(C)S(=O)NC(c1ccc(Cl)cc1)c1ncc(Cl)c(C(F)(F)F)n1. The van der Waals surface area contributed by atoms with Crippen LogP contribution in [0, 0.1) is 0 Å². The highest BCUT2D eigenvalue weighted by atomic mass is 35.5. The summed E-state index contributed by atoms with van der Waals surface area (Å²) in [4.78, 5) is 7.49. The van der Waals surface area contributed by atoms with Gasteiger partial charge in [-0.2, -0.15) is 13.2 Å². The Hall–Kier alpha value is -1.22. The van der Waals surface area contributed by atoms with Crippen molar-refractivity contribution < 1.29 is 17.4 Å². The number of benzene rings is 1. The van der Waals surface area contributed by atoms with E-state index in [9.17, 15) is 17.4 Å². The van der Waals surface area contributed by atoms with Crippen LogP contribution in [0.3, 0.4) is 0 Å². The van der Waals surface area contributed by atoms with Crippen LogP contribution in [0.4, 0.5) is 13.2 Å². The highest BCUT2D eigenvalue weighted by Gasteiger charge is 2.37. The summed E-state index contributed by atoms with van der Waals surface area (Å²) in [5.41, 5.74) is -0.728. The molecule has 142 valence electrons. The third-order valence-corrected chi connectivity index (χ3v) is 5.36. The molecule has 0 radical (unpaired) electrons. The van der Waals surface area contributed by atoms with Crippen molar-refractivity contribution in [2.45, 2.75) is 37.7 Å². The molecule has 1 aromatic carbocycles. The molecule has 2 atom stereocenters. The highest BCUT2D eigenvalue weighted by Crippen LogP contribution is 2.34. The summed E-state index contributed by atoms with van der Waals surface area (Å²) in [6.07, 6.45) is -3.85. The molecular formula is C16H16Cl2F3N3OS. The number of rotatable bonds is 4. The van der Waals surface area contributed by atoms with E-state index in [1.807, 2.05) is 0 Å². The Morgan fingerprint density at radius 1 is 1.12 bits per heavy atom. The molecule has 2 rings (SSSR count). The lowest BCUT2D eigenvalue weighted by molar-refractivity contribution is -0.141. The Kier molecular flexibility index (Phi) is 6.32. The maximum Gasteiger partial charge on any atom is 0.434 e. The molecule has 2 unspecified atom stereocenters. The molecule has 2 aromatic rings. The predicted molar refractivity (Wildman–Crippen MR) is 96.4 cm³/mol.